The van der Waals surface area contributed by atoms with Crippen molar-refractivity contribution in [3.8, 4) is 0 Å². The van der Waals surface area contributed by atoms with E-state index >= 15 is 0 Å². The molecule has 3 rings (SSSR count). The first-order valence-electron chi connectivity index (χ1n) is 9.57. The summed E-state index contributed by atoms with van der Waals surface area (Å²) in [5.74, 6) is 1.39. The lowest BCUT2D eigenvalue weighted by Gasteiger charge is -2.51. The quantitative estimate of drug-likeness (QED) is 0.826. The van der Waals surface area contributed by atoms with Gasteiger partial charge in [-0.2, -0.15) is 0 Å². The van der Waals surface area contributed by atoms with E-state index in [-0.39, 0.29) is 6.10 Å². The maximum Gasteiger partial charge on any atom is 0.0543 e. The van der Waals surface area contributed by atoms with Gasteiger partial charge in [-0.15, -0.1) is 0 Å². The number of aliphatic hydroxyl groups excluding tert-OH is 1. The molecule has 3 unspecified atom stereocenters. The van der Waals surface area contributed by atoms with Crippen molar-refractivity contribution in [1.29, 1.82) is 0 Å². The maximum atomic E-state index is 10.3. The minimum Gasteiger partial charge on any atom is -0.393 e. The van der Waals surface area contributed by atoms with Crippen molar-refractivity contribution in [3.63, 3.8) is 0 Å². The highest BCUT2D eigenvalue weighted by atomic mass is 35.5. The Morgan fingerprint density at radius 3 is 2.42 bits per heavy atom. The Labute approximate surface area is 152 Å². The van der Waals surface area contributed by atoms with E-state index in [1.165, 1.54) is 37.7 Å². The van der Waals surface area contributed by atoms with Gasteiger partial charge in [0.25, 0.3) is 0 Å². The standard InChI is InChI=1S/C21H32ClNO/c1-23(2)15-18-13-20(24)11-12-21(18,17-5-3-4-6-17)14-16-7-9-19(22)10-8-16/h7-10,17-18,20,24H,3-6,11-15H2,1-2H3. The summed E-state index contributed by atoms with van der Waals surface area (Å²) in [6.07, 6.45) is 9.61. The Hall–Kier alpha value is -0.570. The van der Waals surface area contributed by atoms with Gasteiger partial charge in [-0.3, -0.25) is 0 Å². The van der Waals surface area contributed by atoms with E-state index in [2.05, 4.69) is 31.1 Å². The molecule has 0 radical (unpaired) electrons. The fourth-order valence-electron chi connectivity index (χ4n) is 5.42. The highest BCUT2D eigenvalue weighted by Crippen LogP contribution is 2.54. The predicted molar refractivity (Wildman–Crippen MR) is 101 cm³/mol. The van der Waals surface area contributed by atoms with Crippen LogP contribution in [-0.2, 0) is 6.42 Å². The van der Waals surface area contributed by atoms with Gasteiger partial charge in [0.1, 0.15) is 0 Å². The van der Waals surface area contributed by atoms with Crippen molar-refractivity contribution in [2.24, 2.45) is 17.3 Å². The summed E-state index contributed by atoms with van der Waals surface area (Å²) in [6.45, 7) is 1.08. The summed E-state index contributed by atoms with van der Waals surface area (Å²) in [7, 11) is 4.34. The topological polar surface area (TPSA) is 23.5 Å². The van der Waals surface area contributed by atoms with Crippen LogP contribution in [-0.4, -0.2) is 36.8 Å². The first-order valence-corrected chi connectivity index (χ1v) is 9.94. The molecule has 0 heterocycles. The van der Waals surface area contributed by atoms with Crippen LogP contribution in [0.3, 0.4) is 0 Å². The second kappa shape index (κ2) is 7.76. The molecule has 0 amide bonds. The third-order valence-electron chi connectivity index (χ3n) is 6.51. The van der Waals surface area contributed by atoms with Crippen LogP contribution in [0.5, 0.6) is 0 Å². The molecule has 3 heteroatoms. The van der Waals surface area contributed by atoms with E-state index in [0.29, 0.717) is 11.3 Å². The van der Waals surface area contributed by atoms with Crippen LogP contribution in [0.15, 0.2) is 24.3 Å². The smallest absolute Gasteiger partial charge is 0.0543 e. The number of aliphatic hydroxyl groups is 1. The lowest BCUT2D eigenvalue weighted by molar-refractivity contribution is -0.0392. The van der Waals surface area contributed by atoms with Crippen molar-refractivity contribution in [3.05, 3.63) is 34.9 Å². The van der Waals surface area contributed by atoms with Crippen molar-refractivity contribution in [2.75, 3.05) is 20.6 Å². The van der Waals surface area contributed by atoms with Gasteiger partial charge < -0.3 is 10.0 Å². The van der Waals surface area contributed by atoms with Gasteiger partial charge in [-0.05, 0) is 87.6 Å². The van der Waals surface area contributed by atoms with Crippen LogP contribution in [0.1, 0.15) is 50.5 Å². The van der Waals surface area contributed by atoms with Gasteiger partial charge in [0.15, 0.2) is 0 Å². The van der Waals surface area contributed by atoms with Crippen molar-refractivity contribution in [1.82, 2.24) is 4.90 Å². The highest BCUT2D eigenvalue weighted by Gasteiger charge is 2.48. The lowest BCUT2D eigenvalue weighted by atomic mass is 9.56. The van der Waals surface area contributed by atoms with Crippen molar-refractivity contribution >= 4 is 11.6 Å². The average molecular weight is 350 g/mol. The van der Waals surface area contributed by atoms with Gasteiger partial charge >= 0.3 is 0 Å². The molecule has 0 saturated heterocycles. The molecule has 2 nitrogen and oxygen atoms in total. The SMILES string of the molecule is CN(C)CC1CC(O)CCC1(Cc1ccc(Cl)cc1)C1CCCC1. The molecule has 2 fully saturated rings. The minimum absolute atomic E-state index is 0.116. The summed E-state index contributed by atoms with van der Waals surface area (Å²) in [5.41, 5.74) is 1.75. The highest BCUT2D eigenvalue weighted by molar-refractivity contribution is 6.30. The van der Waals surface area contributed by atoms with E-state index < -0.39 is 0 Å². The molecule has 1 aromatic carbocycles. The third-order valence-corrected chi connectivity index (χ3v) is 6.76. The van der Waals surface area contributed by atoms with Crippen molar-refractivity contribution in [2.45, 2.75) is 57.5 Å². The molecule has 3 atom stereocenters. The fraction of sp³-hybridized carbons (Fsp3) is 0.714. The molecule has 1 N–H and O–H groups in total. The number of rotatable bonds is 5. The second-order valence-corrected chi connectivity index (χ2v) is 8.84. The van der Waals surface area contributed by atoms with E-state index in [1.807, 2.05) is 12.1 Å². The predicted octanol–water partition coefficient (Wildman–Crippen LogP) is 4.78. The second-order valence-electron chi connectivity index (χ2n) is 8.41. The van der Waals surface area contributed by atoms with Gasteiger partial charge in [0, 0.05) is 11.6 Å². The minimum atomic E-state index is -0.116. The Bertz CT molecular complexity index is 521. The molecule has 134 valence electrons. The van der Waals surface area contributed by atoms with E-state index in [4.69, 9.17) is 11.6 Å². The summed E-state index contributed by atoms with van der Waals surface area (Å²) < 4.78 is 0. The number of benzene rings is 1. The molecular weight excluding hydrogens is 318 g/mol. The van der Waals surface area contributed by atoms with Gasteiger partial charge in [-0.25, -0.2) is 0 Å². The van der Waals surface area contributed by atoms with Gasteiger partial charge in [0.05, 0.1) is 6.10 Å². The Balaban J connectivity index is 1.91. The molecule has 2 aliphatic rings. The van der Waals surface area contributed by atoms with Gasteiger partial charge in [-0.1, -0.05) is 36.6 Å². The van der Waals surface area contributed by atoms with Crippen LogP contribution in [0.25, 0.3) is 0 Å². The van der Waals surface area contributed by atoms with Crippen LogP contribution in [0.2, 0.25) is 5.02 Å². The first-order chi connectivity index (χ1) is 11.5. The summed E-state index contributed by atoms with van der Waals surface area (Å²) >= 11 is 6.09. The number of nitrogens with zero attached hydrogens (tertiary/aromatic N) is 1. The van der Waals surface area contributed by atoms with Crippen LogP contribution < -0.4 is 0 Å². The molecule has 0 bridgehead atoms. The summed E-state index contributed by atoms with van der Waals surface area (Å²) in [4.78, 5) is 2.31. The van der Waals surface area contributed by atoms with E-state index in [0.717, 1.165) is 36.7 Å². The number of halogens is 1. The van der Waals surface area contributed by atoms with E-state index in [1.54, 1.807) is 0 Å². The maximum absolute atomic E-state index is 10.3. The zero-order chi connectivity index (χ0) is 17.2. The molecule has 2 saturated carbocycles. The normalized spacial score (nSPS) is 31.7. The molecule has 2 aliphatic carbocycles. The fourth-order valence-corrected chi connectivity index (χ4v) is 5.54. The monoisotopic (exact) mass is 349 g/mol. The van der Waals surface area contributed by atoms with Crippen LogP contribution >= 0.6 is 11.6 Å². The molecule has 0 aliphatic heterocycles. The Morgan fingerprint density at radius 1 is 1.12 bits per heavy atom. The molecular formula is C21H32ClNO. The molecule has 24 heavy (non-hydrogen) atoms. The summed E-state index contributed by atoms with van der Waals surface area (Å²) in [5, 5.41) is 11.2. The molecule has 1 aromatic rings. The largest absolute Gasteiger partial charge is 0.393 e. The summed E-state index contributed by atoms with van der Waals surface area (Å²) in [6, 6.07) is 8.46. The van der Waals surface area contributed by atoms with Gasteiger partial charge in [0.2, 0.25) is 0 Å². The Morgan fingerprint density at radius 2 is 1.79 bits per heavy atom. The zero-order valence-electron chi connectivity index (χ0n) is 15.2. The first kappa shape index (κ1) is 18.2. The number of hydrogen-bond acceptors (Lipinski definition) is 2. The van der Waals surface area contributed by atoms with E-state index in [9.17, 15) is 5.11 Å². The average Bonchev–Trinajstić information content (AvgIpc) is 3.07. The third kappa shape index (κ3) is 3.98. The molecule has 0 spiro atoms. The number of hydrogen-bond donors (Lipinski definition) is 1. The Kier molecular flexibility index (Phi) is 5.89. The lowest BCUT2D eigenvalue weighted by Crippen LogP contribution is -2.48. The van der Waals surface area contributed by atoms with Crippen molar-refractivity contribution < 1.29 is 5.11 Å². The molecule has 0 aromatic heterocycles. The zero-order valence-corrected chi connectivity index (χ0v) is 15.9. The van der Waals surface area contributed by atoms with Crippen LogP contribution in [0.4, 0.5) is 0 Å². The van der Waals surface area contributed by atoms with Crippen LogP contribution in [0, 0.1) is 17.3 Å².